The molecule has 0 saturated heterocycles. The molecule has 0 radical (unpaired) electrons. The number of benzene rings is 1. The molecule has 0 bridgehead atoms. The first-order chi connectivity index (χ1) is 7.52. The van der Waals surface area contributed by atoms with E-state index < -0.39 is 6.61 Å². The summed E-state index contributed by atoms with van der Waals surface area (Å²) in [7, 11) is 0. The topological polar surface area (TPSA) is 9.23 Å². The molecule has 1 aromatic rings. The third kappa shape index (κ3) is 1.77. The molecule has 1 nitrogen and oxygen atoms in total. The van der Waals surface area contributed by atoms with Crippen LogP contribution in [0.25, 0.3) is 0 Å². The molecule has 0 amide bonds. The van der Waals surface area contributed by atoms with Crippen molar-refractivity contribution in [3.8, 4) is 5.75 Å². The van der Waals surface area contributed by atoms with E-state index in [1.54, 1.807) is 12.1 Å². The Morgan fingerprint density at radius 3 is 2.62 bits per heavy atom. The van der Waals surface area contributed by atoms with Gasteiger partial charge in [0.2, 0.25) is 0 Å². The summed E-state index contributed by atoms with van der Waals surface area (Å²) in [5.41, 5.74) is 1.75. The third-order valence-corrected chi connectivity index (χ3v) is 3.95. The van der Waals surface area contributed by atoms with E-state index in [4.69, 9.17) is 11.6 Å². The van der Waals surface area contributed by atoms with Crippen molar-refractivity contribution in [3.63, 3.8) is 0 Å². The Morgan fingerprint density at radius 2 is 2.00 bits per heavy atom. The Morgan fingerprint density at radius 1 is 1.31 bits per heavy atom. The van der Waals surface area contributed by atoms with E-state index in [2.05, 4.69) is 4.74 Å². The summed E-state index contributed by atoms with van der Waals surface area (Å²) in [6.07, 6.45) is 0. The van der Waals surface area contributed by atoms with Crippen molar-refractivity contribution in [2.75, 3.05) is 0 Å². The number of rotatable bonds is 2. The Labute approximate surface area is 98.4 Å². The van der Waals surface area contributed by atoms with Crippen molar-refractivity contribution < 1.29 is 13.5 Å². The van der Waals surface area contributed by atoms with E-state index >= 15 is 0 Å². The summed E-state index contributed by atoms with van der Waals surface area (Å²) in [5.74, 6) is 0.640. The molecule has 0 saturated carbocycles. The van der Waals surface area contributed by atoms with Crippen LogP contribution in [0.4, 0.5) is 8.78 Å². The lowest BCUT2D eigenvalue weighted by molar-refractivity contribution is -0.0505. The molecule has 3 unspecified atom stereocenters. The molecule has 1 aliphatic rings. The number of fused-ring (bicyclic) bond motifs is 1. The van der Waals surface area contributed by atoms with Crippen molar-refractivity contribution in [1.82, 2.24) is 0 Å². The smallest absolute Gasteiger partial charge is 0.387 e. The standard InChI is InChI=1S/C12H13ClF2O/c1-6-7(2)11(13)8-4-3-5-9(10(6)8)16-12(14)15/h3-7,11-12H,1-2H3. The van der Waals surface area contributed by atoms with Gasteiger partial charge in [-0.3, -0.25) is 0 Å². The predicted molar refractivity (Wildman–Crippen MR) is 59.2 cm³/mol. The number of halogens is 3. The Balaban J connectivity index is 2.45. The second kappa shape index (κ2) is 4.21. The molecule has 3 atom stereocenters. The molecule has 0 N–H and O–H groups in total. The molecule has 0 aromatic heterocycles. The van der Waals surface area contributed by atoms with Crippen molar-refractivity contribution in [1.29, 1.82) is 0 Å². The Bertz CT molecular complexity index is 395. The van der Waals surface area contributed by atoms with Gasteiger partial charge in [-0.1, -0.05) is 26.0 Å². The van der Waals surface area contributed by atoms with Crippen molar-refractivity contribution in [2.24, 2.45) is 5.92 Å². The fourth-order valence-electron chi connectivity index (χ4n) is 2.29. The molecule has 1 aromatic carbocycles. The molecular formula is C12H13ClF2O. The lowest BCUT2D eigenvalue weighted by Gasteiger charge is -2.14. The second-order valence-corrected chi connectivity index (χ2v) is 4.66. The van der Waals surface area contributed by atoms with Crippen LogP contribution in [-0.2, 0) is 0 Å². The summed E-state index contributed by atoms with van der Waals surface area (Å²) in [6, 6.07) is 5.16. The summed E-state index contributed by atoms with van der Waals surface area (Å²) in [6.45, 7) is 1.22. The van der Waals surface area contributed by atoms with Gasteiger partial charge in [-0.2, -0.15) is 8.78 Å². The molecule has 16 heavy (non-hydrogen) atoms. The zero-order chi connectivity index (χ0) is 11.9. The molecule has 0 heterocycles. The van der Waals surface area contributed by atoms with Gasteiger partial charge in [-0.15, -0.1) is 11.6 Å². The van der Waals surface area contributed by atoms with Gasteiger partial charge >= 0.3 is 6.61 Å². The fourth-order valence-corrected chi connectivity index (χ4v) is 2.70. The van der Waals surface area contributed by atoms with Crippen LogP contribution in [0.5, 0.6) is 5.75 Å². The van der Waals surface area contributed by atoms with Crippen LogP contribution in [0, 0.1) is 5.92 Å². The minimum atomic E-state index is -2.79. The molecule has 0 fully saturated rings. The fraction of sp³-hybridized carbons (Fsp3) is 0.500. The summed E-state index contributed by atoms with van der Waals surface area (Å²) in [5, 5.41) is -0.119. The van der Waals surface area contributed by atoms with E-state index in [1.165, 1.54) is 0 Å². The van der Waals surface area contributed by atoms with E-state index in [-0.39, 0.29) is 23.0 Å². The SMILES string of the molecule is CC1c2c(OC(F)F)cccc2C(Cl)C1C. The quantitative estimate of drug-likeness (QED) is 0.706. The maximum atomic E-state index is 12.3. The number of hydrogen-bond donors (Lipinski definition) is 0. The minimum absolute atomic E-state index is 0.119. The van der Waals surface area contributed by atoms with Crippen molar-refractivity contribution >= 4 is 11.6 Å². The summed E-state index contributed by atoms with van der Waals surface area (Å²) < 4.78 is 29.0. The summed E-state index contributed by atoms with van der Waals surface area (Å²) >= 11 is 6.25. The number of ether oxygens (including phenoxy) is 1. The highest BCUT2D eigenvalue weighted by Gasteiger charge is 2.36. The van der Waals surface area contributed by atoms with Gasteiger partial charge in [0, 0.05) is 5.56 Å². The normalized spacial score (nSPS) is 28.2. The van der Waals surface area contributed by atoms with Crippen LogP contribution in [0.15, 0.2) is 18.2 Å². The van der Waals surface area contributed by atoms with Crippen LogP contribution >= 0.6 is 11.6 Å². The van der Waals surface area contributed by atoms with Crippen LogP contribution in [0.1, 0.15) is 36.3 Å². The van der Waals surface area contributed by atoms with Crippen molar-refractivity contribution in [2.45, 2.75) is 31.8 Å². The average molecular weight is 247 g/mol. The largest absolute Gasteiger partial charge is 0.435 e. The van der Waals surface area contributed by atoms with Crippen LogP contribution in [-0.4, -0.2) is 6.61 Å². The van der Waals surface area contributed by atoms with Gasteiger partial charge in [0.1, 0.15) is 5.75 Å². The Hall–Kier alpha value is -0.830. The van der Waals surface area contributed by atoms with E-state index in [9.17, 15) is 8.78 Å². The van der Waals surface area contributed by atoms with Crippen LogP contribution in [0.3, 0.4) is 0 Å². The van der Waals surface area contributed by atoms with Gasteiger partial charge in [0.25, 0.3) is 0 Å². The molecule has 0 aliphatic heterocycles. The van der Waals surface area contributed by atoms with E-state index in [0.717, 1.165) is 11.1 Å². The first-order valence-corrected chi connectivity index (χ1v) is 5.67. The van der Waals surface area contributed by atoms with E-state index in [1.807, 2.05) is 19.9 Å². The highest BCUT2D eigenvalue weighted by molar-refractivity contribution is 6.21. The maximum absolute atomic E-state index is 12.3. The molecular weight excluding hydrogens is 234 g/mol. The first kappa shape index (κ1) is 11.6. The number of hydrogen-bond acceptors (Lipinski definition) is 1. The van der Waals surface area contributed by atoms with Gasteiger partial charge in [-0.05, 0) is 23.5 Å². The highest BCUT2D eigenvalue weighted by atomic mass is 35.5. The van der Waals surface area contributed by atoms with Crippen LogP contribution < -0.4 is 4.74 Å². The Kier molecular flexibility index (Phi) is 3.06. The molecule has 0 spiro atoms. The second-order valence-electron chi connectivity index (χ2n) is 4.19. The number of alkyl halides is 3. The van der Waals surface area contributed by atoms with Gasteiger partial charge in [-0.25, -0.2) is 0 Å². The minimum Gasteiger partial charge on any atom is -0.435 e. The predicted octanol–water partition coefficient (Wildman–Crippen LogP) is 4.32. The molecule has 1 aliphatic carbocycles. The maximum Gasteiger partial charge on any atom is 0.387 e. The first-order valence-electron chi connectivity index (χ1n) is 5.24. The van der Waals surface area contributed by atoms with Crippen molar-refractivity contribution in [3.05, 3.63) is 29.3 Å². The monoisotopic (exact) mass is 246 g/mol. The average Bonchev–Trinajstić information content (AvgIpc) is 2.44. The van der Waals surface area contributed by atoms with Gasteiger partial charge < -0.3 is 4.74 Å². The van der Waals surface area contributed by atoms with Gasteiger partial charge in [0.05, 0.1) is 5.38 Å². The third-order valence-electron chi connectivity index (χ3n) is 3.32. The van der Waals surface area contributed by atoms with Crippen LogP contribution in [0.2, 0.25) is 0 Å². The van der Waals surface area contributed by atoms with Gasteiger partial charge in [0.15, 0.2) is 0 Å². The lowest BCUT2D eigenvalue weighted by Crippen LogP contribution is -2.06. The molecule has 88 valence electrons. The zero-order valence-electron chi connectivity index (χ0n) is 9.08. The summed E-state index contributed by atoms with van der Waals surface area (Å²) in [4.78, 5) is 0. The zero-order valence-corrected chi connectivity index (χ0v) is 9.84. The molecule has 2 rings (SSSR count). The highest BCUT2D eigenvalue weighted by Crippen LogP contribution is 2.51. The van der Waals surface area contributed by atoms with E-state index in [0.29, 0.717) is 0 Å². The lowest BCUT2D eigenvalue weighted by atomic mass is 9.96. The molecule has 4 heteroatoms.